The van der Waals surface area contributed by atoms with Crippen molar-refractivity contribution in [1.29, 1.82) is 0 Å². The minimum absolute atomic E-state index is 0.384. The molecule has 3 N–H and O–H groups in total. The summed E-state index contributed by atoms with van der Waals surface area (Å²) in [6, 6.07) is 5.48. The topological polar surface area (TPSA) is 93.8 Å². The second kappa shape index (κ2) is 6.25. The molecule has 2 aromatic rings. The first kappa shape index (κ1) is 14.8. The van der Waals surface area contributed by atoms with Crippen molar-refractivity contribution >= 4 is 23.4 Å². The van der Waals surface area contributed by atoms with Crippen molar-refractivity contribution < 1.29 is 0 Å². The Morgan fingerprint density at radius 1 is 1.45 bits per heavy atom. The number of nitrogens with two attached hydrogens (primary N) is 1. The van der Waals surface area contributed by atoms with Gasteiger partial charge in [0, 0.05) is 17.0 Å². The van der Waals surface area contributed by atoms with E-state index in [1.54, 1.807) is 13.1 Å². The molecule has 0 saturated heterocycles. The Morgan fingerprint density at radius 3 is 2.90 bits per heavy atom. The van der Waals surface area contributed by atoms with Crippen LogP contribution in [0.25, 0.3) is 0 Å². The summed E-state index contributed by atoms with van der Waals surface area (Å²) in [5.41, 5.74) is 4.93. The second-order valence-electron chi connectivity index (χ2n) is 4.06. The van der Waals surface area contributed by atoms with Crippen molar-refractivity contribution in [2.24, 2.45) is 12.8 Å². The van der Waals surface area contributed by atoms with Crippen molar-refractivity contribution in [3.05, 3.63) is 49.5 Å². The SMILES string of the molecule is Cn1[nH]c(=O)c(=O)nc1Sc1cccc(Cl)c1CCN. The lowest BCUT2D eigenvalue weighted by atomic mass is 10.1. The molecule has 0 atom stereocenters. The standard InChI is InChI=1S/C12H13ClN4O2S/c1-17-12(15-10(18)11(19)16-17)20-9-4-2-3-8(13)7(9)5-6-14/h2-4H,5-6,14H2,1H3,(H,16,19). The fourth-order valence-electron chi connectivity index (χ4n) is 1.67. The van der Waals surface area contributed by atoms with Crippen LogP contribution in [0.4, 0.5) is 0 Å². The molecule has 0 fully saturated rings. The van der Waals surface area contributed by atoms with Gasteiger partial charge >= 0.3 is 11.1 Å². The monoisotopic (exact) mass is 312 g/mol. The van der Waals surface area contributed by atoms with Gasteiger partial charge in [0.15, 0.2) is 5.16 Å². The quantitative estimate of drug-likeness (QED) is 0.814. The van der Waals surface area contributed by atoms with E-state index in [0.717, 1.165) is 10.5 Å². The first-order valence-corrected chi connectivity index (χ1v) is 7.05. The van der Waals surface area contributed by atoms with E-state index in [0.29, 0.717) is 23.1 Å². The maximum Gasteiger partial charge on any atom is 0.339 e. The molecule has 1 aromatic carbocycles. The molecule has 0 unspecified atom stereocenters. The largest absolute Gasteiger partial charge is 0.339 e. The second-order valence-corrected chi connectivity index (χ2v) is 5.47. The van der Waals surface area contributed by atoms with Gasteiger partial charge in [0.25, 0.3) is 0 Å². The van der Waals surface area contributed by atoms with E-state index in [1.807, 2.05) is 12.1 Å². The Labute approximate surface area is 124 Å². The number of rotatable bonds is 4. The summed E-state index contributed by atoms with van der Waals surface area (Å²) in [5, 5.41) is 3.41. The maximum absolute atomic E-state index is 11.3. The summed E-state index contributed by atoms with van der Waals surface area (Å²) in [5.74, 6) is 0. The molecule has 8 heteroatoms. The maximum atomic E-state index is 11.3. The predicted molar refractivity (Wildman–Crippen MR) is 78.4 cm³/mol. The summed E-state index contributed by atoms with van der Waals surface area (Å²) in [7, 11) is 1.61. The fraction of sp³-hybridized carbons (Fsp3) is 0.250. The van der Waals surface area contributed by atoms with Crippen LogP contribution in [-0.4, -0.2) is 21.3 Å². The van der Waals surface area contributed by atoms with E-state index < -0.39 is 11.1 Å². The molecule has 1 aromatic heterocycles. The lowest BCUT2D eigenvalue weighted by molar-refractivity contribution is 0.596. The third kappa shape index (κ3) is 3.12. The number of hydrogen-bond donors (Lipinski definition) is 2. The van der Waals surface area contributed by atoms with Crippen LogP contribution in [0.15, 0.2) is 37.8 Å². The smallest absolute Gasteiger partial charge is 0.330 e. The number of H-pyrrole nitrogens is 1. The molecule has 0 aliphatic rings. The number of nitrogens with one attached hydrogen (secondary N) is 1. The molecular formula is C12H13ClN4O2S. The predicted octanol–water partition coefficient (Wildman–Crippen LogP) is 0.774. The van der Waals surface area contributed by atoms with Crippen LogP contribution in [0.2, 0.25) is 5.02 Å². The van der Waals surface area contributed by atoms with E-state index in [1.165, 1.54) is 16.4 Å². The van der Waals surface area contributed by atoms with Gasteiger partial charge in [-0.25, -0.2) is 0 Å². The zero-order chi connectivity index (χ0) is 14.7. The third-order valence-electron chi connectivity index (χ3n) is 2.62. The Hall–Kier alpha value is -1.57. The van der Waals surface area contributed by atoms with E-state index >= 15 is 0 Å². The van der Waals surface area contributed by atoms with Gasteiger partial charge in [-0.15, -0.1) is 0 Å². The zero-order valence-electron chi connectivity index (χ0n) is 10.7. The van der Waals surface area contributed by atoms with Crippen molar-refractivity contribution in [3.8, 4) is 0 Å². The molecule has 6 nitrogen and oxygen atoms in total. The lowest BCUT2D eigenvalue weighted by Crippen LogP contribution is -2.33. The molecule has 0 amide bonds. The summed E-state index contributed by atoms with van der Waals surface area (Å²) >= 11 is 7.41. The summed E-state index contributed by atoms with van der Waals surface area (Å²) in [6.45, 7) is 0.468. The van der Waals surface area contributed by atoms with Gasteiger partial charge in [-0.2, -0.15) is 4.98 Å². The summed E-state index contributed by atoms with van der Waals surface area (Å²) in [4.78, 5) is 27.1. The number of nitrogens with zero attached hydrogens (tertiary/aromatic N) is 2. The molecule has 0 radical (unpaired) electrons. The molecule has 0 aliphatic carbocycles. The number of halogens is 1. The highest BCUT2D eigenvalue weighted by Crippen LogP contribution is 2.32. The van der Waals surface area contributed by atoms with Crippen LogP contribution in [-0.2, 0) is 13.5 Å². The molecule has 0 spiro atoms. The highest BCUT2D eigenvalue weighted by molar-refractivity contribution is 7.99. The first-order valence-electron chi connectivity index (χ1n) is 5.85. The minimum atomic E-state index is -0.812. The Kier molecular flexibility index (Phi) is 4.64. The highest BCUT2D eigenvalue weighted by atomic mass is 35.5. The normalized spacial score (nSPS) is 10.8. The van der Waals surface area contributed by atoms with Crippen LogP contribution in [0.1, 0.15) is 5.56 Å². The number of hydrogen-bond acceptors (Lipinski definition) is 5. The molecule has 0 saturated carbocycles. The Balaban J connectivity index is 2.45. The lowest BCUT2D eigenvalue weighted by Gasteiger charge is -2.11. The Morgan fingerprint density at radius 2 is 2.20 bits per heavy atom. The first-order chi connectivity index (χ1) is 9.52. The average molecular weight is 313 g/mol. The van der Waals surface area contributed by atoms with Gasteiger partial charge in [0.2, 0.25) is 0 Å². The molecule has 106 valence electrons. The fourth-order valence-corrected chi connectivity index (χ4v) is 2.99. The van der Waals surface area contributed by atoms with Crippen molar-refractivity contribution in [2.75, 3.05) is 6.54 Å². The molecule has 1 heterocycles. The van der Waals surface area contributed by atoms with Crippen molar-refractivity contribution in [2.45, 2.75) is 16.5 Å². The highest BCUT2D eigenvalue weighted by Gasteiger charge is 2.11. The van der Waals surface area contributed by atoms with Crippen molar-refractivity contribution in [3.63, 3.8) is 0 Å². The van der Waals surface area contributed by atoms with Crippen LogP contribution in [0, 0.1) is 0 Å². The van der Waals surface area contributed by atoms with Gasteiger partial charge in [-0.1, -0.05) is 17.7 Å². The van der Waals surface area contributed by atoms with Gasteiger partial charge in [-0.05, 0) is 42.4 Å². The summed E-state index contributed by atoms with van der Waals surface area (Å²) < 4.78 is 1.40. The van der Waals surface area contributed by atoms with E-state index in [2.05, 4.69) is 10.1 Å². The number of benzene rings is 1. The average Bonchev–Trinajstić information content (AvgIpc) is 2.40. The number of aromatic nitrogens is 3. The summed E-state index contributed by atoms with van der Waals surface area (Å²) in [6.07, 6.45) is 0.624. The molecular weight excluding hydrogens is 300 g/mol. The van der Waals surface area contributed by atoms with E-state index in [4.69, 9.17) is 17.3 Å². The van der Waals surface area contributed by atoms with Gasteiger partial charge < -0.3 is 5.73 Å². The number of aromatic amines is 1. The zero-order valence-corrected chi connectivity index (χ0v) is 12.3. The van der Waals surface area contributed by atoms with Crippen LogP contribution >= 0.6 is 23.4 Å². The van der Waals surface area contributed by atoms with Crippen molar-refractivity contribution in [1.82, 2.24) is 14.8 Å². The van der Waals surface area contributed by atoms with Crippen LogP contribution < -0.4 is 16.9 Å². The van der Waals surface area contributed by atoms with Gasteiger partial charge in [0.1, 0.15) is 0 Å². The van der Waals surface area contributed by atoms with Crippen LogP contribution in [0.5, 0.6) is 0 Å². The number of aryl methyl sites for hydroxylation is 1. The molecule has 0 aliphatic heterocycles. The third-order valence-corrected chi connectivity index (χ3v) is 4.12. The van der Waals surface area contributed by atoms with Gasteiger partial charge in [-0.3, -0.25) is 19.4 Å². The van der Waals surface area contributed by atoms with Gasteiger partial charge in [0.05, 0.1) is 0 Å². The molecule has 2 rings (SSSR count). The Bertz CT molecular complexity index is 741. The molecule has 0 bridgehead atoms. The minimum Gasteiger partial charge on any atom is -0.330 e. The van der Waals surface area contributed by atoms with E-state index in [9.17, 15) is 9.59 Å². The molecule has 20 heavy (non-hydrogen) atoms. The van der Waals surface area contributed by atoms with E-state index in [-0.39, 0.29) is 0 Å². The van der Waals surface area contributed by atoms with Crippen LogP contribution in [0.3, 0.4) is 0 Å².